The summed E-state index contributed by atoms with van der Waals surface area (Å²) in [6.07, 6.45) is 3.99. The highest BCUT2D eigenvalue weighted by Gasteiger charge is 2.34. The van der Waals surface area contributed by atoms with E-state index >= 15 is 0 Å². The molecular formula is C22H29N3O4. The number of benzene rings is 1. The number of amides is 2. The molecule has 7 heteroatoms. The van der Waals surface area contributed by atoms with Gasteiger partial charge < -0.3 is 20.1 Å². The number of ether oxygens (including phenoxy) is 1. The van der Waals surface area contributed by atoms with Crippen molar-refractivity contribution in [1.29, 1.82) is 0 Å². The van der Waals surface area contributed by atoms with E-state index in [4.69, 9.17) is 9.73 Å². The van der Waals surface area contributed by atoms with E-state index in [0.717, 1.165) is 30.0 Å². The van der Waals surface area contributed by atoms with Crippen LogP contribution >= 0.6 is 0 Å². The Labute approximate surface area is 171 Å². The summed E-state index contributed by atoms with van der Waals surface area (Å²) in [6, 6.07) is 5.92. The molecule has 3 rings (SSSR count). The number of fused-ring (bicyclic) bond motifs is 1. The molecule has 29 heavy (non-hydrogen) atoms. The van der Waals surface area contributed by atoms with Gasteiger partial charge in [0.1, 0.15) is 5.75 Å². The Bertz CT molecular complexity index is 805. The van der Waals surface area contributed by atoms with Crippen LogP contribution < -0.4 is 10.1 Å². The van der Waals surface area contributed by atoms with Crippen molar-refractivity contribution in [3.05, 3.63) is 42.0 Å². The summed E-state index contributed by atoms with van der Waals surface area (Å²) in [7, 11) is 1.64. The zero-order chi connectivity index (χ0) is 20.8. The van der Waals surface area contributed by atoms with Gasteiger partial charge in [-0.25, -0.2) is 4.79 Å². The summed E-state index contributed by atoms with van der Waals surface area (Å²) < 4.78 is 5.38. The minimum Gasteiger partial charge on any atom is -0.497 e. The van der Waals surface area contributed by atoms with Gasteiger partial charge in [0.05, 0.1) is 7.11 Å². The molecule has 2 aliphatic rings. The lowest BCUT2D eigenvalue weighted by molar-refractivity contribution is -0.138. The van der Waals surface area contributed by atoms with Gasteiger partial charge in [-0.15, -0.1) is 6.58 Å². The highest BCUT2D eigenvalue weighted by atomic mass is 16.5. The number of rotatable bonds is 7. The van der Waals surface area contributed by atoms with Gasteiger partial charge in [-0.1, -0.05) is 12.1 Å². The smallest absolute Gasteiger partial charge is 0.317 e. The van der Waals surface area contributed by atoms with Gasteiger partial charge in [0.15, 0.2) is 0 Å². The maximum atomic E-state index is 12.4. The lowest BCUT2D eigenvalue weighted by Gasteiger charge is -2.38. The lowest BCUT2D eigenvalue weighted by Crippen LogP contribution is -2.49. The second kappa shape index (κ2) is 9.58. The maximum Gasteiger partial charge on any atom is 0.317 e. The highest BCUT2D eigenvalue weighted by Crippen LogP contribution is 2.32. The van der Waals surface area contributed by atoms with Crippen LogP contribution in [0.25, 0.3) is 0 Å². The lowest BCUT2D eigenvalue weighted by atomic mass is 9.78. The van der Waals surface area contributed by atoms with Crippen molar-refractivity contribution >= 4 is 17.7 Å². The number of carbonyl (C=O) groups is 2. The summed E-state index contributed by atoms with van der Waals surface area (Å²) in [4.78, 5) is 30.3. The number of aliphatic carboxylic acids is 1. The molecule has 2 aliphatic heterocycles. The maximum absolute atomic E-state index is 12.4. The molecule has 1 saturated heterocycles. The van der Waals surface area contributed by atoms with E-state index in [2.05, 4.69) is 18.0 Å². The number of piperidine rings is 1. The number of aliphatic imine (C=N–C) groups is 1. The van der Waals surface area contributed by atoms with E-state index < -0.39 is 5.97 Å². The minimum absolute atomic E-state index is 0.0228. The van der Waals surface area contributed by atoms with Gasteiger partial charge in [0.2, 0.25) is 0 Å². The zero-order valence-corrected chi connectivity index (χ0v) is 16.9. The van der Waals surface area contributed by atoms with Crippen LogP contribution in [0.5, 0.6) is 5.75 Å². The molecule has 1 aromatic rings. The Morgan fingerprint density at radius 2 is 2.24 bits per heavy atom. The van der Waals surface area contributed by atoms with Crippen LogP contribution in [0, 0.1) is 11.8 Å². The molecule has 2 atom stereocenters. The first-order valence-electron chi connectivity index (χ1n) is 10.1. The number of carboxylic acid groups (broad SMARTS) is 1. The van der Waals surface area contributed by atoms with Crippen LogP contribution in [-0.4, -0.2) is 61.0 Å². The molecule has 7 nitrogen and oxygen atoms in total. The molecule has 2 heterocycles. The van der Waals surface area contributed by atoms with Crippen LogP contribution in [0.3, 0.4) is 0 Å². The molecule has 1 aromatic carbocycles. The van der Waals surface area contributed by atoms with Crippen LogP contribution in [-0.2, 0) is 11.2 Å². The third kappa shape index (κ3) is 5.16. The van der Waals surface area contributed by atoms with E-state index in [9.17, 15) is 14.7 Å². The molecule has 2 N–H and O–H groups in total. The van der Waals surface area contributed by atoms with E-state index in [1.54, 1.807) is 18.1 Å². The molecule has 0 saturated carbocycles. The topological polar surface area (TPSA) is 91.2 Å². The summed E-state index contributed by atoms with van der Waals surface area (Å²) in [6.45, 7) is 5.86. The summed E-state index contributed by atoms with van der Waals surface area (Å²) >= 11 is 0. The number of hydrogen-bond donors (Lipinski definition) is 2. The summed E-state index contributed by atoms with van der Waals surface area (Å²) in [5, 5.41) is 12.2. The van der Waals surface area contributed by atoms with E-state index in [-0.39, 0.29) is 24.3 Å². The number of methoxy groups -OCH3 is 1. The van der Waals surface area contributed by atoms with Crippen LogP contribution in [0.15, 0.2) is 35.8 Å². The molecule has 0 spiro atoms. The summed E-state index contributed by atoms with van der Waals surface area (Å²) in [5.41, 5.74) is 3.30. The standard InChI is InChI=1S/C22H29N3O4/c1-3-8-24-22(28)25-10-7-16(12-21(26)27)17(14-25)11-20-19-13-18(29-2)5-4-15(19)6-9-23-20/h3-5,13,16-17H,1,6-12,14H2,2H3,(H,24,28)(H,26,27)/t16-,17-/m0/s1. The van der Waals surface area contributed by atoms with Crippen LogP contribution in [0.4, 0.5) is 4.79 Å². The number of carbonyl (C=O) groups excluding carboxylic acids is 1. The van der Waals surface area contributed by atoms with E-state index in [1.165, 1.54) is 5.56 Å². The van der Waals surface area contributed by atoms with Crippen molar-refractivity contribution < 1.29 is 19.4 Å². The molecule has 0 unspecified atom stereocenters. The third-order valence-electron chi connectivity index (χ3n) is 5.78. The number of hydrogen-bond acceptors (Lipinski definition) is 4. The molecule has 2 amide bonds. The predicted molar refractivity (Wildman–Crippen MR) is 112 cm³/mol. The Morgan fingerprint density at radius 1 is 1.41 bits per heavy atom. The number of carboxylic acids is 1. The quantitative estimate of drug-likeness (QED) is 0.690. The fraction of sp³-hybridized carbons (Fsp3) is 0.500. The van der Waals surface area contributed by atoms with Gasteiger partial charge in [-0.3, -0.25) is 9.79 Å². The largest absolute Gasteiger partial charge is 0.497 e. The molecule has 156 valence electrons. The monoisotopic (exact) mass is 399 g/mol. The molecule has 0 radical (unpaired) electrons. The van der Waals surface area contributed by atoms with Crippen molar-refractivity contribution in [3.8, 4) is 5.75 Å². The number of likely N-dealkylation sites (tertiary alicyclic amines) is 1. The fourth-order valence-corrected chi connectivity index (χ4v) is 4.25. The van der Waals surface area contributed by atoms with Gasteiger partial charge in [-0.2, -0.15) is 0 Å². The molecular weight excluding hydrogens is 370 g/mol. The number of nitrogens with one attached hydrogen (secondary N) is 1. The second-order valence-electron chi connectivity index (χ2n) is 7.63. The molecule has 0 aromatic heterocycles. The summed E-state index contributed by atoms with van der Waals surface area (Å²) in [5.74, 6) is 0.0617. The SMILES string of the molecule is C=CCNC(=O)N1CC[C@@H](CC(=O)O)[C@@H](CC2=NCCc3ccc(OC)cc32)C1. The zero-order valence-electron chi connectivity index (χ0n) is 16.9. The van der Waals surface area contributed by atoms with Crippen molar-refractivity contribution in [2.45, 2.75) is 25.7 Å². The van der Waals surface area contributed by atoms with Crippen molar-refractivity contribution in [2.75, 3.05) is 33.3 Å². The van der Waals surface area contributed by atoms with E-state index in [0.29, 0.717) is 32.5 Å². The van der Waals surface area contributed by atoms with Crippen molar-refractivity contribution in [3.63, 3.8) is 0 Å². The first kappa shape index (κ1) is 20.9. The van der Waals surface area contributed by atoms with Crippen LogP contribution in [0.2, 0.25) is 0 Å². The van der Waals surface area contributed by atoms with Crippen molar-refractivity contribution in [2.24, 2.45) is 16.8 Å². The molecule has 0 bridgehead atoms. The van der Waals surface area contributed by atoms with Crippen molar-refractivity contribution in [1.82, 2.24) is 10.2 Å². The molecule has 0 aliphatic carbocycles. The van der Waals surface area contributed by atoms with Crippen LogP contribution in [0.1, 0.15) is 30.4 Å². The van der Waals surface area contributed by atoms with E-state index in [1.807, 2.05) is 12.1 Å². The first-order chi connectivity index (χ1) is 14.0. The third-order valence-corrected chi connectivity index (χ3v) is 5.78. The Balaban J connectivity index is 1.79. The Hall–Kier alpha value is -2.83. The molecule has 1 fully saturated rings. The average molecular weight is 399 g/mol. The highest BCUT2D eigenvalue weighted by molar-refractivity contribution is 6.03. The first-order valence-corrected chi connectivity index (χ1v) is 10.1. The predicted octanol–water partition coefficient (Wildman–Crippen LogP) is 2.74. The van der Waals surface area contributed by atoms with Gasteiger partial charge >= 0.3 is 12.0 Å². The average Bonchev–Trinajstić information content (AvgIpc) is 2.72. The normalized spacial score (nSPS) is 21.0. The van der Waals surface area contributed by atoms with Gasteiger partial charge in [-0.05, 0) is 48.8 Å². The minimum atomic E-state index is -0.794. The Morgan fingerprint density at radius 3 is 2.97 bits per heavy atom. The Kier molecular flexibility index (Phi) is 6.90. The fourth-order valence-electron chi connectivity index (χ4n) is 4.25. The van der Waals surface area contributed by atoms with Gasteiger partial charge in [0, 0.05) is 43.9 Å². The number of urea groups is 1. The number of nitrogens with zero attached hydrogens (tertiary/aromatic N) is 2. The second-order valence-corrected chi connectivity index (χ2v) is 7.63. The van der Waals surface area contributed by atoms with Gasteiger partial charge in [0.25, 0.3) is 0 Å².